The maximum absolute atomic E-state index is 12.0. The Bertz CT molecular complexity index is 482. The second-order valence-corrected chi connectivity index (χ2v) is 6.04. The van der Waals surface area contributed by atoms with Crippen molar-refractivity contribution in [3.8, 4) is 5.88 Å². The van der Waals surface area contributed by atoms with Gasteiger partial charge in [-0.15, -0.1) is 0 Å². The van der Waals surface area contributed by atoms with Gasteiger partial charge in [-0.1, -0.05) is 0 Å². The van der Waals surface area contributed by atoms with E-state index in [0.29, 0.717) is 18.3 Å². The number of hydrogen-bond donors (Lipinski definition) is 0. The summed E-state index contributed by atoms with van der Waals surface area (Å²) in [5.74, 6) is 0.928. The SMILES string of the molecule is COc1cc(C2CCN(C(=O)OC(C)(C)C)C2)ccn1. The molecule has 0 aliphatic carbocycles. The van der Waals surface area contributed by atoms with Crippen molar-refractivity contribution in [2.24, 2.45) is 0 Å². The molecule has 1 fully saturated rings. The molecule has 1 amide bonds. The second-order valence-electron chi connectivity index (χ2n) is 6.04. The van der Waals surface area contributed by atoms with Crippen LogP contribution in [-0.4, -0.2) is 41.8 Å². The first-order valence-electron chi connectivity index (χ1n) is 6.87. The molecule has 0 N–H and O–H groups in total. The highest BCUT2D eigenvalue weighted by Crippen LogP contribution is 2.29. The molecule has 1 aliphatic rings. The molecule has 1 saturated heterocycles. The normalized spacial score (nSPS) is 19.0. The van der Waals surface area contributed by atoms with Crippen LogP contribution in [0.4, 0.5) is 4.79 Å². The Morgan fingerprint density at radius 3 is 2.85 bits per heavy atom. The van der Waals surface area contributed by atoms with E-state index in [4.69, 9.17) is 9.47 Å². The van der Waals surface area contributed by atoms with Crippen LogP contribution < -0.4 is 4.74 Å². The van der Waals surface area contributed by atoms with Gasteiger partial charge in [-0.3, -0.25) is 0 Å². The molecule has 0 spiro atoms. The zero-order valence-electron chi connectivity index (χ0n) is 12.5. The van der Waals surface area contributed by atoms with E-state index in [2.05, 4.69) is 4.98 Å². The average molecular weight is 278 g/mol. The Hall–Kier alpha value is -1.78. The second kappa shape index (κ2) is 5.69. The van der Waals surface area contributed by atoms with Crippen molar-refractivity contribution < 1.29 is 14.3 Å². The zero-order valence-corrected chi connectivity index (χ0v) is 12.5. The number of likely N-dealkylation sites (tertiary alicyclic amines) is 1. The lowest BCUT2D eigenvalue weighted by atomic mass is 10.00. The minimum atomic E-state index is -0.449. The van der Waals surface area contributed by atoms with Gasteiger partial charge in [0, 0.05) is 31.3 Å². The van der Waals surface area contributed by atoms with E-state index in [1.807, 2.05) is 32.9 Å². The van der Waals surface area contributed by atoms with Crippen molar-refractivity contribution in [2.45, 2.75) is 38.7 Å². The van der Waals surface area contributed by atoms with Gasteiger partial charge >= 0.3 is 6.09 Å². The van der Waals surface area contributed by atoms with Crippen LogP contribution in [-0.2, 0) is 4.74 Å². The fourth-order valence-electron chi connectivity index (χ4n) is 2.31. The summed E-state index contributed by atoms with van der Waals surface area (Å²) >= 11 is 0. The number of nitrogens with zero attached hydrogens (tertiary/aromatic N) is 2. The predicted octanol–water partition coefficient (Wildman–Crippen LogP) is 2.81. The molecule has 0 bridgehead atoms. The number of amides is 1. The molecule has 5 heteroatoms. The van der Waals surface area contributed by atoms with Crippen LogP contribution >= 0.6 is 0 Å². The number of carbonyl (C=O) groups excluding carboxylic acids is 1. The largest absolute Gasteiger partial charge is 0.481 e. The van der Waals surface area contributed by atoms with Crippen LogP contribution in [0.25, 0.3) is 0 Å². The molecular formula is C15H22N2O3. The zero-order chi connectivity index (χ0) is 14.8. The average Bonchev–Trinajstić information content (AvgIpc) is 2.86. The summed E-state index contributed by atoms with van der Waals surface area (Å²) < 4.78 is 10.5. The van der Waals surface area contributed by atoms with Gasteiger partial charge in [0.2, 0.25) is 5.88 Å². The lowest BCUT2D eigenvalue weighted by Crippen LogP contribution is -2.35. The topological polar surface area (TPSA) is 51.7 Å². The predicted molar refractivity (Wildman–Crippen MR) is 76.0 cm³/mol. The van der Waals surface area contributed by atoms with E-state index < -0.39 is 5.60 Å². The van der Waals surface area contributed by atoms with Crippen molar-refractivity contribution >= 4 is 6.09 Å². The van der Waals surface area contributed by atoms with Crippen molar-refractivity contribution in [3.05, 3.63) is 23.9 Å². The Balaban J connectivity index is 1.99. The number of methoxy groups -OCH3 is 1. The van der Waals surface area contributed by atoms with Gasteiger partial charge in [-0.2, -0.15) is 0 Å². The molecule has 20 heavy (non-hydrogen) atoms. The third-order valence-corrected chi connectivity index (χ3v) is 3.28. The van der Waals surface area contributed by atoms with Gasteiger partial charge in [0.05, 0.1) is 7.11 Å². The maximum Gasteiger partial charge on any atom is 0.410 e. The third kappa shape index (κ3) is 3.62. The minimum Gasteiger partial charge on any atom is -0.481 e. The standard InChI is InChI=1S/C15H22N2O3/c1-15(2,3)20-14(18)17-8-6-12(10-17)11-5-7-16-13(9-11)19-4/h5,7,9,12H,6,8,10H2,1-4H3. The highest BCUT2D eigenvalue weighted by molar-refractivity contribution is 5.68. The molecule has 2 heterocycles. The number of hydrogen-bond acceptors (Lipinski definition) is 4. The molecule has 1 atom stereocenters. The van der Waals surface area contributed by atoms with Crippen LogP contribution in [0.5, 0.6) is 5.88 Å². The quantitative estimate of drug-likeness (QED) is 0.834. The van der Waals surface area contributed by atoms with Crippen LogP contribution in [0.15, 0.2) is 18.3 Å². The molecule has 2 rings (SSSR count). The Morgan fingerprint density at radius 2 is 2.20 bits per heavy atom. The molecule has 0 saturated carbocycles. The monoisotopic (exact) mass is 278 g/mol. The number of carbonyl (C=O) groups is 1. The minimum absolute atomic E-state index is 0.235. The maximum atomic E-state index is 12.0. The smallest absolute Gasteiger partial charge is 0.410 e. The van der Waals surface area contributed by atoms with Crippen molar-refractivity contribution in [3.63, 3.8) is 0 Å². The third-order valence-electron chi connectivity index (χ3n) is 3.28. The number of pyridine rings is 1. The van der Waals surface area contributed by atoms with Crippen molar-refractivity contribution in [2.75, 3.05) is 20.2 Å². The van der Waals surface area contributed by atoms with Crippen LogP contribution in [0.1, 0.15) is 38.7 Å². The summed E-state index contributed by atoms with van der Waals surface area (Å²) in [4.78, 5) is 17.9. The first-order valence-corrected chi connectivity index (χ1v) is 6.87. The number of ether oxygens (including phenoxy) is 2. The van der Waals surface area contributed by atoms with Crippen molar-refractivity contribution in [1.82, 2.24) is 9.88 Å². The fourth-order valence-corrected chi connectivity index (χ4v) is 2.31. The molecular weight excluding hydrogens is 256 g/mol. The number of aromatic nitrogens is 1. The van der Waals surface area contributed by atoms with Gasteiger partial charge in [0.25, 0.3) is 0 Å². The van der Waals surface area contributed by atoms with E-state index in [1.54, 1.807) is 18.2 Å². The fraction of sp³-hybridized carbons (Fsp3) is 0.600. The van der Waals surface area contributed by atoms with Crippen LogP contribution in [0, 0.1) is 0 Å². The summed E-state index contributed by atoms with van der Waals surface area (Å²) in [5.41, 5.74) is 0.706. The number of rotatable bonds is 2. The molecule has 1 aromatic rings. The van der Waals surface area contributed by atoms with Gasteiger partial charge in [0.1, 0.15) is 5.60 Å². The Kier molecular flexibility index (Phi) is 4.16. The van der Waals surface area contributed by atoms with Gasteiger partial charge in [-0.05, 0) is 38.8 Å². The Labute approximate surface area is 119 Å². The van der Waals surface area contributed by atoms with Crippen molar-refractivity contribution in [1.29, 1.82) is 0 Å². The molecule has 0 radical (unpaired) electrons. The van der Waals surface area contributed by atoms with E-state index in [-0.39, 0.29) is 6.09 Å². The van der Waals surface area contributed by atoms with E-state index >= 15 is 0 Å². The first-order chi connectivity index (χ1) is 9.39. The molecule has 1 aliphatic heterocycles. The highest BCUT2D eigenvalue weighted by atomic mass is 16.6. The van der Waals surface area contributed by atoms with Gasteiger partial charge in [0.15, 0.2) is 0 Å². The van der Waals surface area contributed by atoms with Gasteiger partial charge in [-0.25, -0.2) is 9.78 Å². The molecule has 5 nitrogen and oxygen atoms in total. The van der Waals surface area contributed by atoms with E-state index in [0.717, 1.165) is 18.5 Å². The van der Waals surface area contributed by atoms with E-state index in [9.17, 15) is 4.79 Å². The van der Waals surface area contributed by atoms with Crippen LogP contribution in [0.2, 0.25) is 0 Å². The first kappa shape index (κ1) is 14.6. The lowest BCUT2D eigenvalue weighted by molar-refractivity contribution is 0.0292. The van der Waals surface area contributed by atoms with E-state index in [1.165, 1.54) is 0 Å². The lowest BCUT2D eigenvalue weighted by Gasteiger charge is -2.24. The van der Waals surface area contributed by atoms with Crippen LogP contribution in [0.3, 0.4) is 0 Å². The van der Waals surface area contributed by atoms with Gasteiger partial charge < -0.3 is 14.4 Å². The highest BCUT2D eigenvalue weighted by Gasteiger charge is 2.30. The molecule has 1 aromatic heterocycles. The summed E-state index contributed by atoms with van der Waals surface area (Å²) in [6.45, 7) is 7.05. The summed E-state index contributed by atoms with van der Waals surface area (Å²) in [6.07, 6.45) is 2.44. The Morgan fingerprint density at radius 1 is 1.45 bits per heavy atom. The summed E-state index contributed by atoms with van der Waals surface area (Å²) in [5, 5.41) is 0. The summed E-state index contributed by atoms with van der Waals surface area (Å²) in [7, 11) is 1.60. The summed E-state index contributed by atoms with van der Waals surface area (Å²) in [6, 6.07) is 3.91. The molecule has 1 unspecified atom stereocenters. The molecule has 110 valence electrons. The molecule has 0 aromatic carbocycles.